The van der Waals surface area contributed by atoms with Gasteiger partial charge in [0, 0.05) is 31.9 Å². The predicted molar refractivity (Wildman–Crippen MR) is 133 cm³/mol. The summed E-state index contributed by atoms with van der Waals surface area (Å²) in [5, 5.41) is 0. The summed E-state index contributed by atoms with van der Waals surface area (Å²) in [5.74, 6) is -0.402. The van der Waals surface area contributed by atoms with E-state index in [1.165, 1.54) is 21.3 Å². The van der Waals surface area contributed by atoms with Gasteiger partial charge in [0.1, 0.15) is 5.75 Å². The summed E-state index contributed by atoms with van der Waals surface area (Å²) in [4.78, 5) is 33.7. The highest BCUT2D eigenvalue weighted by atomic mass is 16.5. The molecule has 10 heteroatoms. The maximum Gasteiger partial charge on any atom is 0.321 e. The summed E-state index contributed by atoms with van der Waals surface area (Å²) in [5.41, 5.74) is 2.04. The minimum atomic E-state index is -1.18. The molecule has 2 heterocycles. The lowest BCUT2D eigenvalue weighted by Gasteiger charge is -2.38. The minimum absolute atomic E-state index is 0.139. The van der Waals surface area contributed by atoms with Crippen molar-refractivity contribution in [2.24, 2.45) is 5.92 Å². The molecule has 2 aromatic carbocycles. The second-order valence-corrected chi connectivity index (χ2v) is 8.23. The number of imidazole rings is 1. The van der Waals surface area contributed by atoms with Crippen molar-refractivity contribution in [1.29, 1.82) is 0 Å². The van der Waals surface area contributed by atoms with Crippen LogP contribution < -0.4 is 19.1 Å². The largest absolute Gasteiger partial charge is 0.496 e. The molecule has 1 aromatic heterocycles. The van der Waals surface area contributed by atoms with Gasteiger partial charge in [0.25, 0.3) is 0 Å². The van der Waals surface area contributed by atoms with Gasteiger partial charge in [-0.05, 0) is 31.5 Å². The number of benzene rings is 2. The van der Waals surface area contributed by atoms with E-state index in [4.69, 9.17) is 28.7 Å². The second kappa shape index (κ2) is 10.9. The van der Waals surface area contributed by atoms with Crippen molar-refractivity contribution in [3.63, 3.8) is 0 Å². The van der Waals surface area contributed by atoms with Crippen LogP contribution in [0.2, 0.25) is 0 Å². The standard InChI is InChI=1S/C26H31N3O7/c1-6-36-25(31)22-23(16-14-20(34-4)21(35-5)15-19(16)33-3)29-18-11-8-7-10-17(18)27-26(29)28(24(22)30)12-9-13-32-2/h7-8,10-11,14-15,22-23H,6,9,12-13H2,1-5H3. The quantitative estimate of drug-likeness (QED) is 0.239. The Morgan fingerprint density at radius 2 is 1.69 bits per heavy atom. The number of amides is 1. The fraction of sp³-hybridized carbons (Fsp3) is 0.423. The molecule has 0 spiro atoms. The van der Waals surface area contributed by atoms with Crippen molar-refractivity contribution in [1.82, 2.24) is 9.55 Å². The smallest absolute Gasteiger partial charge is 0.321 e. The average Bonchev–Trinajstić information content (AvgIpc) is 3.28. The van der Waals surface area contributed by atoms with E-state index in [0.717, 1.165) is 5.52 Å². The molecule has 192 valence electrons. The van der Waals surface area contributed by atoms with E-state index in [1.54, 1.807) is 31.1 Å². The average molecular weight is 498 g/mol. The van der Waals surface area contributed by atoms with Crippen LogP contribution in [0.25, 0.3) is 11.0 Å². The molecule has 0 radical (unpaired) electrons. The van der Waals surface area contributed by atoms with Crippen LogP contribution in [0.4, 0.5) is 5.95 Å². The zero-order valence-electron chi connectivity index (χ0n) is 21.1. The van der Waals surface area contributed by atoms with Crippen LogP contribution in [0.1, 0.15) is 24.9 Å². The number of methoxy groups -OCH3 is 4. The molecule has 4 rings (SSSR count). The Balaban J connectivity index is 2.02. The van der Waals surface area contributed by atoms with Gasteiger partial charge in [-0.1, -0.05) is 12.1 Å². The SMILES string of the molecule is CCOC(=O)C1C(=O)N(CCCOC)c2nc3ccccc3n2C1c1cc(OC)c(OC)cc1OC. The topological polar surface area (TPSA) is 101 Å². The molecule has 2 atom stereocenters. The number of anilines is 1. The number of nitrogens with zero attached hydrogens (tertiary/aromatic N) is 3. The Bertz CT molecular complexity index is 1260. The lowest BCUT2D eigenvalue weighted by Crippen LogP contribution is -2.50. The summed E-state index contributed by atoms with van der Waals surface area (Å²) in [6, 6.07) is 10.2. The highest BCUT2D eigenvalue weighted by Crippen LogP contribution is 2.46. The van der Waals surface area contributed by atoms with Crippen LogP contribution in [0.5, 0.6) is 17.2 Å². The predicted octanol–water partition coefficient (Wildman–Crippen LogP) is 3.21. The van der Waals surface area contributed by atoms with Crippen LogP contribution in [0.3, 0.4) is 0 Å². The number of carbonyl (C=O) groups excluding carboxylic acids is 2. The van der Waals surface area contributed by atoms with Crippen LogP contribution in [0, 0.1) is 5.92 Å². The monoisotopic (exact) mass is 497 g/mol. The van der Waals surface area contributed by atoms with Crippen LogP contribution in [-0.4, -0.2) is 69.6 Å². The minimum Gasteiger partial charge on any atom is -0.496 e. The third kappa shape index (κ3) is 4.32. The molecular weight excluding hydrogens is 466 g/mol. The van der Waals surface area contributed by atoms with Gasteiger partial charge in [-0.2, -0.15) is 0 Å². The van der Waals surface area contributed by atoms with Crippen molar-refractivity contribution in [3.8, 4) is 17.2 Å². The first-order chi connectivity index (χ1) is 17.5. The van der Waals surface area contributed by atoms with Gasteiger partial charge >= 0.3 is 5.97 Å². The summed E-state index contributed by atoms with van der Waals surface area (Å²) >= 11 is 0. The Morgan fingerprint density at radius 1 is 1.00 bits per heavy atom. The Morgan fingerprint density at radius 3 is 2.36 bits per heavy atom. The molecule has 10 nitrogen and oxygen atoms in total. The van der Waals surface area contributed by atoms with Gasteiger partial charge in [0.2, 0.25) is 11.9 Å². The lowest BCUT2D eigenvalue weighted by atomic mass is 9.88. The molecule has 0 bridgehead atoms. The van der Waals surface area contributed by atoms with Gasteiger partial charge in [-0.15, -0.1) is 0 Å². The first-order valence-corrected chi connectivity index (χ1v) is 11.7. The first kappa shape index (κ1) is 25.3. The summed E-state index contributed by atoms with van der Waals surface area (Å²) < 4.78 is 29.2. The number of para-hydroxylation sites is 2. The van der Waals surface area contributed by atoms with Crippen molar-refractivity contribution in [2.75, 3.05) is 53.1 Å². The molecule has 2 unspecified atom stereocenters. The third-order valence-electron chi connectivity index (χ3n) is 6.27. The highest BCUT2D eigenvalue weighted by molar-refractivity contribution is 6.08. The van der Waals surface area contributed by atoms with E-state index in [-0.39, 0.29) is 6.61 Å². The van der Waals surface area contributed by atoms with Crippen molar-refractivity contribution >= 4 is 28.9 Å². The number of hydrogen-bond acceptors (Lipinski definition) is 8. The molecule has 36 heavy (non-hydrogen) atoms. The van der Waals surface area contributed by atoms with Crippen LogP contribution in [-0.2, 0) is 19.1 Å². The molecule has 3 aromatic rings. The molecule has 0 saturated carbocycles. The number of hydrogen-bond donors (Lipinski definition) is 0. The number of esters is 1. The fourth-order valence-corrected chi connectivity index (χ4v) is 4.69. The maximum atomic E-state index is 14.0. The molecule has 0 fully saturated rings. The number of rotatable bonds is 10. The van der Waals surface area contributed by atoms with Crippen LogP contribution in [0.15, 0.2) is 36.4 Å². The van der Waals surface area contributed by atoms with E-state index in [2.05, 4.69) is 0 Å². The van der Waals surface area contributed by atoms with Gasteiger partial charge in [0.05, 0.1) is 45.0 Å². The van der Waals surface area contributed by atoms with Crippen molar-refractivity contribution in [2.45, 2.75) is 19.4 Å². The zero-order valence-corrected chi connectivity index (χ0v) is 21.1. The van der Waals surface area contributed by atoms with Crippen LogP contribution >= 0.6 is 0 Å². The summed E-state index contributed by atoms with van der Waals surface area (Å²) in [7, 11) is 6.19. The van der Waals surface area contributed by atoms with E-state index >= 15 is 0 Å². The Labute approximate surface area is 209 Å². The zero-order chi connectivity index (χ0) is 25.8. The van der Waals surface area contributed by atoms with Crippen molar-refractivity contribution < 1.29 is 33.3 Å². The molecule has 1 amide bonds. The van der Waals surface area contributed by atoms with E-state index in [0.29, 0.717) is 53.8 Å². The van der Waals surface area contributed by atoms with Gasteiger partial charge in [-0.3, -0.25) is 14.5 Å². The highest BCUT2D eigenvalue weighted by Gasteiger charge is 2.48. The Hall–Kier alpha value is -3.79. The number of aromatic nitrogens is 2. The second-order valence-electron chi connectivity index (χ2n) is 8.23. The molecule has 1 aliphatic heterocycles. The van der Waals surface area contributed by atoms with Gasteiger partial charge in [0.15, 0.2) is 17.4 Å². The lowest BCUT2D eigenvalue weighted by molar-refractivity contribution is -0.153. The number of carbonyl (C=O) groups is 2. The normalized spacial score (nSPS) is 17.1. The fourth-order valence-electron chi connectivity index (χ4n) is 4.69. The third-order valence-corrected chi connectivity index (χ3v) is 6.27. The van der Waals surface area contributed by atoms with Gasteiger partial charge in [-0.25, -0.2) is 4.98 Å². The number of ether oxygens (including phenoxy) is 5. The first-order valence-electron chi connectivity index (χ1n) is 11.7. The maximum absolute atomic E-state index is 14.0. The summed E-state index contributed by atoms with van der Waals surface area (Å²) in [6.07, 6.45) is 0.575. The van der Waals surface area contributed by atoms with Gasteiger partial charge < -0.3 is 28.3 Å². The van der Waals surface area contributed by atoms with E-state index < -0.39 is 23.8 Å². The molecule has 1 aliphatic rings. The summed E-state index contributed by atoms with van der Waals surface area (Å²) in [6.45, 7) is 2.65. The molecule has 0 aliphatic carbocycles. The van der Waals surface area contributed by atoms with E-state index in [1.807, 2.05) is 28.8 Å². The van der Waals surface area contributed by atoms with Crippen molar-refractivity contribution in [3.05, 3.63) is 42.0 Å². The molecule has 0 N–H and O–H groups in total. The number of fused-ring (bicyclic) bond motifs is 3. The molecular formula is C26H31N3O7. The Kier molecular flexibility index (Phi) is 7.64. The molecule has 0 saturated heterocycles. The van der Waals surface area contributed by atoms with E-state index in [9.17, 15) is 9.59 Å².